The molecule has 1 unspecified atom stereocenters. The second kappa shape index (κ2) is 6.84. The van der Waals surface area contributed by atoms with E-state index in [1.807, 2.05) is 60.1 Å². The Kier molecular flexibility index (Phi) is 4.38. The van der Waals surface area contributed by atoms with Crippen LogP contribution in [-0.4, -0.2) is 25.9 Å². The molecule has 3 aromatic rings. The molecular formula is C19H17N3O3S. The minimum Gasteiger partial charge on any atom is -0.486 e. The summed E-state index contributed by atoms with van der Waals surface area (Å²) in [6, 6.07) is 15.5. The summed E-state index contributed by atoms with van der Waals surface area (Å²) in [5, 5.41) is 1.68. The van der Waals surface area contributed by atoms with Gasteiger partial charge >= 0.3 is 0 Å². The molecule has 0 spiro atoms. The molecule has 6 nitrogen and oxygen atoms in total. The predicted molar refractivity (Wildman–Crippen MR) is 100 cm³/mol. The number of para-hydroxylation sites is 2. The van der Waals surface area contributed by atoms with Crippen molar-refractivity contribution in [1.29, 1.82) is 0 Å². The van der Waals surface area contributed by atoms with Crippen LogP contribution in [0.15, 0.2) is 48.5 Å². The van der Waals surface area contributed by atoms with Crippen LogP contribution >= 0.6 is 11.8 Å². The van der Waals surface area contributed by atoms with E-state index in [2.05, 4.69) is 10.3 Å². The normalized spacial score (nSPS) is 16.9. The van der Waals surface area contributed by atoms with E-state index in [9.17, 15) is 9.59 Å². The molecule has 0 bridgehead atoms. The number of nitrogens with zero attached hydrogens (tertiary/aromatic N) is 2. The Morgan fingerprint density at radius 3 is 2.62 bits per heavy atom. The maximum absolute atomic E-state index is 11.6. The molecule has 1 atom stereocenters. The average Bonchev–Trinajstić information content (AvgIpc) is 3.13. The molecule has 7 heteroatoms. The molecular weight excluding hydrogens is 350 g/mol. The average molecular weight is 367 g/mol. The van der Waals surface area contributed by atoms with Crippen molar-refractivity contribution in [3.05, 3.63) is 59.9 Å². The van der Waals surface area contributed by atoms with Gasteiger partial charge in [0.25, 0.3) is 5.24 Å². The van der Waals surface area contributed by atoms with Crippen LogP contribution in [0.4, 0.5) is 4.79 Å². The lowest BCUT2D eigenvalue weighted by Gasteiger charge is -2.09. The maximum atomic E-state index is 11.6. The summed E-state index contributed by atoms with van der Waals surface area (Å²) in [6.07, 6.45) is 0.521. The van der Waals surface area contributed by atoms with Gasteiger partial charge < -0.3 is 9.30 Å². The molecule has 132 valence electrons. The number of carbonyl (C=O) groups excluding carboxylic acids is 2. The van der Waals surface area contributed by atoms with Crippen LogP contribution in [-0.2, 0) is 24.9 Å². The zero-order chi connectivity index (χ0) is 18.1. The number of thioether (sulfide) groups is 1. The molecule has 26 heavy (non-hydrogen) atoms. The first-order valence-electron chi connectivity index (χ1n) is 8.24. The standard InChI is InChI=1S/C19H17N3O3S/c1-22-15-5-3-2-4-14(15)20-17(22)11-25-13-8-6-12(7-9-13)10-16-18(23)21-19(24)26-16/h2-9,16H,10-11H2,1H3,(H,21,23,24). The number of hydrogen-bond acceptors (Lipinski definition) is 5. The minimum absolute atomic E-state index is 0.220. The maximum Gasteiger partial charge on any atom is 0.286 e. The fourth-order valence-electron chi connectivity index (χ4n) is 2.94. The van der Waals surface area contributed by atoms with Gasteiger partial charge in [0.05, 0.1) is 16.3 Å². The van der Waals surface area contributed by atoms with Crippen LogP contribution in [0.3, 0.4) is 0 Å². The number of imidazole rings is 1. The third-order valence-corrected chi connectivity index (χ3v) is 5.34. The van der Waals surface area contributed by atoms with Gasteiger partial charge in [-0.1, -0.05) is 36.0 Å². The number of amides is 2. The first-order valence-corrected chi connectivity index (χ1v) is 9.11. The van der Waals surface area contributed by atoms with Gasteiger partial charge in [-0.3, -0.25) is 14.9 Å². The Hall–Kier alpha value is -2.80. The summed E-state index contributed by atoms with van der Waals surface area (Å²) < 4.78 is 7.87. The highest BCUT2D eigenvalue weighted by molar-refractivity contribution is 8.15. The van der Waals surface area contributed by atoms with Crippen molar-refractivity contribution in [1.82, 2.24) is 14.9 Å². The van der Waals surface area contributed by atoms with Crippen LogP contribution in [0.5, 0.6) is 5.75 Å². The van der Waals surface area contributed by atoms with Gasteiger partial charge in [0.1, 0.15) is 18.2 Å². The van der Waals surface area contributed by atoms with E-state index in [0.717, 1.165) is 39.9 Å². The van der Waals surface area contributed by atoms with E-state index < -0.39 is 0 Å². The summed E-state index contributed by atoms with van der Waals surface area (Å²) in [5.41, 5.74) is 3.01. The lowest BCUT2D eigenvalue weighted by molar-refractivity contribution is -0.118. The molecule has 1 aliphatic rings. The number of aromatic nitrogens is 2. The molecule has 1 N–H and O–H groups in total. The third kappa shape index (κ3) is 3.30. The molecule has 0 aliphatic carbocycles. The molecule has 2 amide bonds. The zero-order valence-corrected chi connectivity index (χ0v) is 15.0. The van der Waals surface area contributed by atoms with Gasteiger partial charge in [-0.2, -0.15) is 0 Å². The molecule has 2 heterocycles. The van der Waals surface area contributed by atoms with Crippen LogP contribution in [0, 0.1) is 0 Å². The SMILES string of the molecule is Cn1c(COc2ccc(CC3SC(=O)NC3=O)cc2)nc2ccccc21. The van der Waals surface area contributed by atoms with E-state index >= 15 is 0 Å². The smallest absolute Gasteiger partial charge is 0.286 e. The summed E-state index contributed by atoms with van der Waals surface area (Å²) in [5.74, 6) is 1.37. The first kappa shape index (κ1) is 16.7. The number of fused-ring (bicyclic) bond motifs is 1. The van der Waals surface area contributed by atoms with E-state index in [1.165, 1.54) is 0 Å². The summed E-state index contributed by atoms with van der Waals surface area (Å²) in [6.45, 7) is 0.375. The number of nitrogens with one attached hydrogen (secondary N) is 1. The van der Waals surface area contributed by atoms with Crippen LogP contribution in [0.1, 0.15) is 11.4 Å². The Balaban J connectivity index is 1.40. The fourth-order valence-corrected chi connectivity index (χ4v) is 3.80. The second-order valence-electron chi connectivity index (χ2n) is 6.10. The molecule has 1 aromatic heterocycles. The van der Waals surface area contributed by atoms with Crippen molar-refractivity contribution in [2.75, 3.05) is 0 Å². The number of rotatable bonds is 5. The van der Waals surface area contributed by atoms with Crippen molar-refractivity contribution in [3.63, 3.8) is 0 Å². The van der Waals surface area contributed by atoms with Gasteiger partial charge in [-0.25, -0.2) is 4.98 Å². The highest BCUT2D eigenvalue weighted by Gasteiger charge is 2.31. The highest BCUT2D eigenvalue weighted by Crippen LogP contribution is 2.24. The number of hydrogen-bond donors (Lipinski definition) is 1. The van der Waals surface area contributed by atoms with Crippen molar-refractivity contribution < 1.29 is 14.3 Å². The first-order chi connectivity index (χ1) is 12.6. The fraction of sp³-hybridized carbons (Fsp3) is 0.211. The monoisotopic (exact) mass is 367 g/mol. The Morgan fingerprint density at radius 2 is 1.92 bits per heavy atom. The van der Waals surface area contributed by atoms with Gasteiger partial charge in [0, 0.05) is 7.05 Å². The number of carbonyl (C=O) groups is 2. The molecule has 0 radical (unpaired) electrons. The number of imide groups is 1. The van der Waals surface area contributed by atoms with Gasteiger partial charge in [0.2, 0.25) is 5.91 Å². The predicted octanol–water partition coefficient (Wildman–Crippen LogP) is 3.05. The molecule has 1 saturated heterocycles. The summed E-state index contributed by atoms with van der Waals surface area (Å²) in [7, 11) is 1.97. The Bertz CT molecular complexity index is 981. The number of ether oxygens (including phenoxy) is 1. The van der Waals surface area contributed by atoms with Crippen molar-refractivity contribution in [3.8, 4) is 5.75 Å². The van der Waals surface area contributed by atoms with Crippen LogP contribution in [0.25, 0.3) is 11.0 Å². The zero-order valence-electron chi connectivity index (χ0n) is 14.1. The summed E-state index contributed by atoms with van der Waals surface area (Å²) >= 11 is 1.04. The molecule has 1 fully saturated rings. The van der Waals surface area contributed by atoms with Crippen LogP contribution < -0.4 is 10.1 Å². The second-order valence-corrected chi connectivity index (χ2v) is 7.27. The van der Waals surface area contributed by atoms with Crippen LogP contribution in [0.2, 0.25) is 0 Å². The largest absolute Gasteiger partial charge is 0.486 e. The quantitative estimate of drug-likeness (QED) is 0.750. The molecule has 0 saturated carbocycles. The van der Waals surface area contributed by atoms with Gasteiger partial charge in [0.15, 0.2) is 0 Å². The Labute approximate surface area is 154 Å². The number of benzene rings is 2. The van der Waals surface area contributed by atoms with E-state index in [1.54, 1.807) is 0 Å². The van der Waals surface area contributed by atoms with Crippen molar-refractivity contribution in [2.24, 2.45) is 7.05 Å². The van der Waals surface area contributed by atoms with Crippen molar-refractivity contribution in [2.45, 2.75) is 18.3 Å². The number of aryl methyl sites for hydroxylation is 1. The van der Waals surface area contributed by atoms with E-state index in [4.69, 9.17) is 4.74 Å². The van der Waals surface area contributed by atoms with E-state index in [-0.39, 0.29) is 16.4 Å². The highest BCUT2D eigenvalue weighted by atomic mass is 32.2. The molecule has 2 aromatic carbocycles. The lowest BCUT2D eigenvalue weighted by atomic mass is 10.1. The Morgan fingerprint density at radius 1 is 1.15 bits per heavy atom. The molecule has 4 rings (SSSR count). The summed E-state index contributed by atoms with van der Waals surface area (Å²) in [4.78, 5) is 27.4. The minimum atomic E-state index is -0.353. The van der Waals surface area contributed by atoms with E-state index in [0.29, 0.717) is 13.0 Å². The topological polar surface area (TPSA) is 73.2 Å². The molecule has 1 aliphatic heterocycles. The van der Waals surface area contributed by atoms with Crippen molar-refractivity contribution >= 4 is 33.9 Å². The lowest BCUT2D eigenvalue weighted by Crippen LogP contribution is -2.25. The van der Waals surface area contributed by atoms with Gasteiger partial charge in [-0.15, -0.1) is 0 Å². The third-order valence-electron chi connectivity index (χ3n) is 4.36. The van der Waals surface area contributed by atoms with Gasteiger partial charge in [-0.05, 0) is 36.2 Å².